The van der Waals surface area contributed by atoms with Crippen LogP contribution in [0.3, 0.4) is 0 Å². The highest BCUT2D eigenvalue weighted by Gasteiger charge is 2.13. The molecule has 7 heteroatoms. The molecule has 0 bridgehead atoms. The lowest BCUT2D eigenvalue weighted by Gasteiger charge is -2.10. The summed E-state index contributed by atoms with van der Waals surface area (Å²) in [6.07, 6.45) is 0. The van der Waals surface area contributed by atoms with E-state index in [-0.39, 0.29) is 29.7 Å². The van der Waals surface area contributed by atoms with Gasteiger partial charge in [-0.1, -0.05) is 11.6 Å². The molecule has 0 heterocycles. The second-order valence-corrected chi connectivity index (χ2v) is 5.33. The van der Waals surface area contributed by atoms with Gasteiger partial charge in [0.05, 0.1) is 24.3 Å². The maximum atomic E-state index is 11.9. The highest BCUT2D eigenvalue weighted by Crippen LogP contribution is 2.22. The van der Waals surface area contributed by atoms with Crippen LogP contribution in [0.2, 0.25) is 5.02 Å². The zero-order chi connectivity index (χ0) is 18.2. The summed E-state index contributed by atoms with van der Waals surface area (Å²) in [6.45, 7) is 1.81. The first kappa shape index (κ1) is 18.6. The zero-order valence-corrected chi connectivity index (χ0v) is 14.6. The van der Waals surface area contributed by atoms with E-state index < -0.39 is 5.97 Å². The predicted octanol–water partition coefficient (Wildman–Crippen LogP) is 3.54. The largest absolute Gasteiger partial charge is 0.497 e. The highest BCUT2D eigenvalue weighted by molar-refractivity contribution is 6.34. The van der Waals surface area contributed by atoms with Crippen molar-refractivity contribution in [2.45, 2.75) is 6.92 Å². The molecule has 0 aliphatic heterocycles. The molecule has 1 amide bonds. The normalized spacial score (nSPS) is 10.0. The second kappa shape index (κ2) is 8.94. The minimum Gasteiger partial charge on any atom is -0.497 e. The van der Waals surface area contributed by atoms with Crippen molar-refractivity contribution in [1.29, 1.82) is 0 Å². The quantitative estimate of drug-likeness (QED) is 0.761. The van der Waals surface area contributed by atoms with E-state index in [2.05, 4.69) is 5.32 Å². The third-order valence-corrected chi connectivity index (χ3v) is 3.49. The first-order valence-electron chi connectivity index (χ1n) is 7.57. The van der Waals surface area contributed by atoms with E-state index in [1.807, 2.05) is 0 Å². The predicted molar refractivity (Wildman–Crippen MR) is 94.5 cm³/mol. The number of esters is 1. The summed E-state index contributed by atoms with van der Waals surface area (Å²) in [5.41, 5.74) is 0.706. The molecule has 1 N–H and O–H groups in total. The van der Waals surface area contributed by atoms with Gasteiger partial charge in [0.2, 0.25) is 0 Å². The number of nitrogens with one attached hydrogen (secondary N) is 1. The maximum Gasteiger partial charge on any atom is 0.339 e. The number of methoxy groups -OCH3 is 1. The van der Waals surface area contributed by atoms with Crippen LogP contribution in [-0.4, -0.2) is 32.2 Å². The molecule has 2 rings (SSSR count). The van der Waals surface area contributed by atoms with E-state index in [0.717, 1.165) is 0 Å². The summed E-state index contributed by atoms with van der Waals surface area (Å²) in [5, 5.41) is 2.85. The van der Waals surface area contributed by atoms with Crippen LogP contribution in [0.25, 0.3) is 0 Å². The van der Waals surface area contributed by atoms with Crippen LogP contribution in [-0.2, 0) is 9.53 Å². The van der Waals surface area contributed by atoms with Gasteiger partial charge in [0.25, 0.3) is 5.91 Å². The van der Waals surface area contributed by atoms with Crippen molar-refractivity contribution < 1.29 is 23.8 Å². The van der Waals surface area contributed by atoms with Crippen molar-refractivity contribution >= 4 is 29.2 Å². The lowest BCUT2D eigenvalue weighted by molar-refractivity contribution is -0.118. The average molecular weight is 364 g/mol. The summed E-state index contributed by atoms with van der Waals surface area (Å²) in [5.74, 6) is 0.392. The Morgan fingerprint density at radius 3 is 2.36 bits per heavy atom. The van der Waals surface area contributed by atoms with E-state index >= 15 is 0 Å². The van der Waals surface area contributed by atoms with E-state index in [0.29, 0.717) is 17.2 Å². The number of hydrogen-bond donors (Lipinski definition) is 1. The van der Waals surface area contributed by atoms with Gasteiger partial charge >= 0.3 is 5.97 Å². The summed E-state index contributed by atoms with van der Waals surface area (Å²) < 4.78 is 15.3. The van der Waals surface area contributed by atoms with Gasteiger partial charge in [0.15, 0.2) is 6.61 Å². The minimum absolute atomic E-state index is 0.163. The number of carbonyl (C=O) groups excluding carboxylic acids is 2. The van der Waals surface area contributed by atoms with Crippen LogP contribution >= 0.6 is 11.6 Å². The summed E-state index contributed by atoms with van der Waals surface area (Å²) >= 11 is 6.05. The molecule has 0 atom stereocenters. The zero-order valence-electron chi connectivity index (χ0n) is 13.9. The summed E-state index contributed by atoms with van der Waals surface area (Å²) in [6, 6.07) is 11.4. The fourth-order valence-corrected chi connectivity index (χ4v) is 2.24. The second-order valence-electron chi connectivity index (χ2n) is 4.93. The molecule has 25 heavy (non-hydrogen) atoms. The average Bonchev–Trinajstić information content (AvgIpc) is 2.60. The van der Waals surface area contributed by atoms with Crippen molar-refractivity contribution in [3.8, 4) is 11.5 Å². The standard InChI is InChI=1S/C18H18ClNO5/c1-3-24-18(22)15-9-4-12(10-16(15)19)20-17(21)11-25-14-7-5-13(23-2)6-8-14/h4-10H,3,11H2,1-2H3,(H,20,21). The SMILES string of the molecule is CCOC(=O)c1ccc(NC(=O)COc2ccc(OC)cc2)cc1Cl. The third-order valence-electron chi connectivity index (χ3n) is 3.18. The summed E-state index contributed by atoms with van der Waals surface area (Å²) in [4.78, 5) is 23.6. The Morgan fingerprint density at radius 2 is 1.76 bits per heavy atom. The van der Waals surface area contributed by atoms with Gasteiger partial charge in [-0.3, -0.25) is 4.79 Å². The molecule has 0 spiro atoms. The van der Waals surface area contributed by atoms with Crippen molar-refractivity contribution in [3.63, 3.8) is 0 Å². The molecule has 2 aromatic rings. The molecule has 0 saturated heterocycles. The first-order chi connectivity index (χ1) is 12.0. The highest BCUT2D eigenvalue weighted by atomic mass is 35.5. The molecule has 0 unspecified atom stereocenters. The molecule has 0 aliphatic carbocycles. The fraction of sp³-hybridized carbons (Fsp3) is 0.222. The van der Waals surface area contributed by atoms with Gasteiger partial charge in [-0.05, 0) is 49.4 Å². The number of ether oxygens (including phenoxy) is 3. The molecular formula is C18H18ClNO5. The fourth-order valence-electron chi connectivity index (χ4n) is 1.99. The van der Waals surface area contributed by atoms with Crippen LogP contribution in [0.4, 0.5) is 5.69 Å². The van der Waals surface area contributed by atoms with E-state index in [4.69, 9.17) is 25.8 Å². The lowest BCUT2D eigenvalue weighted by atomic mass is 10.2. The molecule has 2 aromatic carbocycles. The number of rotatable bonds is 7. The van der Waals surface area contributed by atoms with Gasteiger partial charge in [-0.15, -0.1) is 0 Å². The maximum absolute atomic E-state index is 11.9. The van der Waals surface area contributed by atoms with Gasteiger partial charge in [-0.25, -0.2) is 4.79 Å². The number of carbonyl (C=O) groups is 2. The first-order valence-corrected chi connectivity index (χ1v) is 7.94. The van der Waals surface area contributed by atoms with Crippen LogP contribution in [0.5, 0.6) is 11.5 Å². The minimum atomic E-state index is -0.506. The number of halogens is 1. The lowest BCUT2D eigenvalue weighted by Crippen LogP contribution is -2.20. The van der Waals surface area contributed by atoms with Gasteiger partial charge in [-0.2, -0.15) is 0 Å². The number of anilines is 1. The molecular weight excluding hydrogens is 346 g/mol. The monoisotopic (exact) mass is 363 g/mol. The molecule has 0 fully saturated rings. The van der Waals surface area contributed by atoms with Crippen LogP contribution in [0.15, 0.2) is 42.5 Å². The van der Waals surface area contributed by atoms with E-state index in [9.17, 15) is 9.59 Å². The van der Waals surface area contributed by atoms with Crippen LogP contribution in [0, 0.1) is 0 Å². The van der Waals surface area contributed by atoms with Crippen molar-refractivity contribution in [2.24, 2.45) is 0 Å². The van der Waals surface area contributed by atoms with Gasteiger partial charge in [0.1, 0.15) is 11.5 Å². The molecule has 0 radical (unpaired) electrons. The Labute approximate surface area is 150 Å². The Kier molecular flexibility index (Phi) is 6.65. The Bertz CT molecular complexity index is 746. The summed E-state index contributed by atoms with van der Waals surface area (Å²) in [7, 11) is 1.57. The Morgan fingerprint density at radius 1 is 1.08 bits per heavy atom. The van der Waals surface area contributed by atoms with Crippen molar-refractivity contribution in [3.05, 3.63) is 53.1 Å². The number of hydrogen-bond acceptors (Lipinski definition) is 5. The topological polar surface area (TPSA) is 73.9 Å². The van der Waals surface area contributed by atoms with E-state index in [1.54, 1.807) is 44.4 Å². The number of benzene rings is 2. The molecule has 6 nitrogen and oxygen atoms in total. The third kappa shape index (κ3) is 5.39. The van der Waals surface area contributed by atoms with Crippen LogP contribution in [0.1, 0.15) is 17.3 Å². The van der Waals surface area contributed by atoms with Crippen molar-refractivity contribution in [2.75, 3.05) is 25.6 Å². The Hall–Kier alpha value is -2.73. The van der Waals surface area contributed by atoms with Crippen molar-refractivity contribution in [1.82, 2.24) is 0 Å². The van der Waals surface area contributed by atoms with Gasteiger partial charge in [0, 0.05) is 5.69 Å². The molecule has 0 aromatic heterocycles. The smallest absolute Gasteiger partial charge is 0.339 e. The molecule has 0 aliphatic rings. The van der Waals surface area contributed by atoms with Gasteiger partial charge < -0.3 is 19.5 Å². The molecule has 132 valence electrons. The molecule has 0 saturated carbocycles. The Balaban J connectivity index is 1.91. The van der Waals surface area contributed by atoms with Crippen LogP contribution < -0.4 is 14.8 Å². The van der Waals surface area contributed by atoms with E-state index in [1.165, 1.54) is 12.1 Å². The number of amides is 1.